The molecule has 1 aromatic carbocycles. The number of hydrogen-bond donors (Lipinski definition) is 1. The predicted molar refractivity (Wildman–Crippen MR) is 76.8 cm³/mol. The predicted octanol–water partition coefficient (Wildman–Crippen LogP) is 2.76. The maximum atomic E-state index is 11.5. The maximum Gasteiger partial charge on any atom is 0.307 e. The Labute approximate surface area is 125 Å². The van der Waals surface area contributed by atoms with Crippen LogP contribution in [0.5, 0.6) is 0 Å². The summed E-state index contributed by atoms with van der Waals surface area (Å²) in [5, 5.41) is 3.74. The Kier molecular flexibility index (Phi) is 7.05. The van der Waals surface area contributed by atoms with E-state index in [0.717, 1.165) is 4.90 Å². The number of thioether (sulfide) groups is 1. The number of benzene rings is 1. The highest BCUT2D eigenvalue weighted by atomic mass is 35.5. The average molecular weight is 322 g/mol. The Morgan fingerprint density at radius 3 is 2.79 bits per heavy atom. The summed E-state index contributed by atoms with van der Waals surface area (Å²) in [5.41, 5.74) is 0. The van der Waals surface area contributed by atoms with Crippen molar-refractivity contribution < 1.29 is 14.3 Å². The van der Waals surface area contributed by atoms with Gasteiger partial charge in [0.15, 0.2) is 0 Å². The number of carbonyl (C=O) groups is 2. The fraction of sp³-hybridized carbons (Fsp3) is 0.333. The molecule has 1 amide bonds. The molecule has 0 fully saturated rings. The molecular formula is C12H13Cl2NO3S. The van der Waals surface area contributed by atoms with Gasteiger partial charge >= 0.3 is 5.97 Å². The van der Waals surface area contributed by atoms with Crippen LogP contribution in [-0.4, -0.2) is 31.3 Å². The molecule has 1 rings (SSSR count). The van der Waals surface area contributed by atoms with Crippen LogP contribution in [0, 0.1) is 0 Å². The van der Waals surface area contributed by atoms with Crippen LogP contribution in [0.4, 0.5) is 0 Å². The van der Waals surface area contributed by atoms with Crippen LogP contribution >= 0.6 is 35.0 Å². The molecule has 104 valence electrons. The van der Waals surface area contributed by atoms with Gasteiger partial charge in [-0.15, -0.1) is 11.8 Å². The normalized spacial score (nSPS) is 10.1. The third-order valence-corrected chi connectivity index (χ3v) is 3.86. The van der Waals surface area contributed by atoms with Gasteiger partial charge in [0.1, 0.15) is 0 Å². The lowest BCUT2D eigenvalue weighted by molar-refractivity contribution is -0.140. The van der Waals surface area contributed by atoms with Crippen molar-refractivity contribution in [3.05, 3.63) is 28.2 Å². The van der Waals surface area contributed by atoms with Gasteiger partial charge in [0.05, 0.1) is 24.3 Å². The standard InChI is InChI=1S/C12H13Cl2NO3S/c1-18-12(17)4-5-15-11(16)7-19-10-6-8(13)2-3-9(10)14/h2-3,6H,4-5,7H2,1H3,(H,15,16). The lowest BCUT2D eigenvalue weighted by Gasteiger charge is -2.06. The van der Waals surface area contributed by atoms with Gasteiger partial charge in [0.25, 0.3) is 0 Å². The fourth-order valence-corrected chi connectivity index (χ4v) is 2.51. The molecule has 0 unspecified atom stereocenters. The van der Waals surface area contributed by atoms with Gasteiger partial charge in [-0.3, -0.25) is 9.59 Å². The topological polar surface area (TPSA) is 55.4 Å². The summed E-state index contributed by atoms with van der Waals surface area (Å²) in [6.45, 7) is 0.259. The Balaban J connectivity index is 2.34. The van der Waals surface area contributed by atoms with Crippen molar-refractivity contribution in [2.75, 3.05) is 19.4 Å². The quantitative estimate of drug-likeness (QED) is 0.646. The lowest BCUT2D eigenvalue weighted by Crippen LogP contribution is -2.27. The summed E-state index contributed by atoms with van der Waals surface area (Å²) >= 11 is 13.1. The molecule has 0 spiro atoms. The molecule has 1 aromatic rings. The van der Waals surface area contributed by atoms with Gasteiger partial charge in [-0.1, -0.05) is 23.2 Å². The van der Waals surface area contributed by atoms with E-state index in [1.54, 1.807) is 18.2 Å². The summed E-state index contributed by atoms with van der Waals surface area (Å²) < 4.78 is 4.46. The monoisotopic (exact) mass is 321 g/mol. The second-order valence-electron chi connectivity index (χ2n) is 3.54. The molecule has 4 nitrogen and oxygen atoms in total. The van der Waals surface area contributed by atoms with E-state index in [2.05, 4.69) is 10.1 Å². The molecule has 1 N–H and O–H groups in total. The van der Waals surface area contributed by atoms with Crippen LogP contribution in [0.3, 0.4) is 0 Å². The SMILES string of the molecule is COC(=O)CCNC(=O)CSc1cc(Cl)ccc1Cl. The van der Waals surface area contributed by atoms with E-state index in [1.165, 1.54) is 18.9 Å². The number of rotatable bonds is 6. The Bertz CT molecular complexity index is 468. The Morgan fingerprint density at radius 2 is 2.11 bits per heavy atom. The molecule has 0 aliphatic rings. The highest BCUT2D eigenvalue weighted by molar-refractivity contribution is 8.00. The number of nitrogens with one attached hydrogen (secondary N) is 1. The number of hydrogen-bond acceptors (Lipinski definition) is 4. The molecule has 0 bridgehead atoms. The van der Waals surface area contributed by atoms with E-state index in [4.69, 9.17) is 23.2 Å². The van der Waals surface area contributed by atoms with Crippen molar-refractivity contribution in [3.63, 3.8) is 0 Å². The summed E-state index contributed by atoms with van der Waals surface area (Å²) in [7, 11) is 1.31. The van der Waals surface area contributed by atoms with Crippen LogP contribution in [0.15, 0.2) is 23.1 Å². The number of ether oxygens (including phenoxy) is 1. The summed E-state index contributed by atoms with van der Waals surface area (Å²) in [6, 6.07) is 5.07. The first-order valence-electron chi connectivity index (χ1n) is 5.44. The summed E-state index contributed by atoms with van der Waals surface area (Å²) in [6.07, 6.45) is 0.158. The third-order valence-electron chi connectivity index (χ3n) is 2.13. The third kappa shape index (κ3) is 6.18. The number of halogens is 2. The van der Waals surface area contributed by atoms with E-state index in [0.29, 0.717) is 10.0 Å². The van der Waals surface area contributed by atoms with Crippen molar-refractivity contribution >= 4 is 46.8 Å². The first kappa shape index (κ1) is 16.1. The van der Waals surface area contributed by atoms with E-state index in [-0.39, 0.29) is 30.6 Å². The van der Waals surface area contributed by atoms with Crippen molar-refractivity contribution in [3.8, 4) is 0 Å². The van der Waals surface area contributed by atoms with Crippen LogP contribution in [-0.2, 0) is 14.3 Å². The molecule has 0 saturated carbocycles. The minimum atomic E-state index is -0.356. The van der Waals surface area contributed by atoms with Gasteiger partial charge in [-0.05, 0) is 18.2 Å². The molecule has 19 heavy (non-hydrogen) atoms. The van der Waals surface area contributed by atoms with Crippen LogP contribution in [0.2, 0.25) is 10.0 Å². The Morgan fingerprint density at radius 1 is 1.37 bits per heavy atom. The second-order valence-corrected chi connectivity index (χ2v) is 5.40. The molecule has 0 atom stereocenters. The number of carbonyl (C=O) groups excluding carboxylic acids is 2. The van der Waals surface area contributed by atoms with E-state index in [9.17, 15) is 9.59 Å². The van der Waals surface area contributed by atoms with E-state index < -0.39 is 0 Å². The van der Waals surface area contributed by atoms with E-state index >= 15 is 0 Å². The van der Waals surface area contributed by atoms with Gasteiger partial charge < -0.3 is 10.1 Å². The fourth-order valence-electron chi connectivity index (χ4n) is 1.19. The van der Waals surface area contributed by atoms with Gasteiger partial charge in [0, 0.05) is 16.5 Å². The van der Waals surface area contributed by atoms with Gasteiger partial charge in [-0.2, -0.15) is 0 Å². The number of amides is 1. The number of esters is 1. The second kappa shape index (κ2) is 8.30. The first-order chi connectivity index (χ1) is 9.02. The zero-order chi connectivity index (χ0) is 14.3. The molecule has 0 aromatic heterocycles. The Hall–Kier alpha value is -0.910. The van der Waals surface area contributed by atoms with E-state index in [1.807, 2.05) is 0 Å². The van der Waals surface area contributed by atoms with Crippen molar-refractivity contribution in [2.45, 2.75) is 11.3 Å². The minimum absolute atomic E-state index is 0.158. The van der Waals surface area contributed by atoms with Crippen molar-refractivity contribution in [1.29, 1.82) is 0 Å². The van der Waals surface area contributed by atoms with Crippen LogP contribution in [0.1, 0.15) is 6.42 Å². The van der Waals surface area contributed by atoms with Crippen LogP contribution < -0.4 is 5.32 Å². The number of methoxy groups -OCH3 is 1. The first-order valence-corrected chi connectivity index (χ1v) is 7.18. The summed E-state index contributed by atoms with van der Waals surface area (Å²) in [4.78, 5) is 23.1. The highest BCUT2D eigenvalue weighted by Crippen LogP contribution is 2.29. The van der Waals surface area contributed by atoms with Gasteiger partial charge in [-0.25, -0.2) is 0 Å². The molecule has 7 heteroatoms. The minimum Gasteiger partial charge on any atom is -0.469 e. The molecule has 0 radical (unpaired) electrons. The van der Waals surface area contributed by atoms with Crippen molar-refractivity contribution in [2.24, 2.45) is 0 Å². The molecular weight excluding hydrogens is 309 g/mol. The molecule has 0 heterocycles. The molecule has 0 aliphatic heterocycles. The van der Waals surface area contributed by atoms with Gasteiger partial charge in [0.2, 0.25) is 5.91 Å². The smallest absolute Gasteiger partial charge is 0.307 e. The highest BCUT2D eigenvalue weighted by Gasteiger charge is 2.07. The zero-order valence-corrected chi connectivity index (χ0v) is 12.6. The largest absolute Gasteiger partial charge is 0.469 e. The zero-order valence-electron chi connectivity index (χ0n) is 10.2. The lowest BCUT2D eigenvalue weighted by atomic mass is 10.4. The summed E-state index contributed by atoms with van der Waals surface area (Å²) in [5.74, 6) is -0.322. The molecule has 0 saturated heterocycles. The van der Waals surface area contributed by atoms with Crippen molar-refractivity contribution in [1.82, 2.24) is 5.32 Å². The molecule has 0 aliphatic carbocycles. The van der Waals surface area contributed by atoms with Crippen LogP contribution in [0.25, 0.3) is 0 Å². The maximum absolute atomic E-state index is 11.5. The average Bonchev–Trinajstić information content (AvgIpc) is 2.39.